The highest BCUT2D eigenvalue weighted by Crippen LogP contribution is 2.29. The lowest BCUT2D eigenvalue weighted by atomic mass is 10.1. The van der Waals surface area contributed by atoms with Gasteiger partial charge in [-0.25, -0.2) is 4.79 Å². The van der Waals surface area contributed by atoms with Crippen LogP contribution in [0.3, 0.4) is 0 Å². The molecule has 5 nitrogen and oxygen atoms in total. The summed E-state index contributed by atoms with van der Waals surface area (Å²) in [5, 5.41) is 3.43. The average Bonchev–Trinajstić information content (AvgIpc) is 2.81. The Hall–Kier alpha value is -1.91. The van der Waals surface area contributed by atoms with Crippen LogP contribution in [0.5, 0.6) is 0 Å². The Bertz CT molecular complexity index is 492. The normalized spacial score (nSPS) is 22.9. The first kappa shape index (κ1) is 15.5. The second-order valence-corrected chi connectivity index (χ2v) is 5.83. The summed E-state index contributed by atoms with van der Waals surface area (Å²) < 4.78 is 4.90. The van der Waals surface area contributed by atoms with Gasteiger partial charge in [-0.2, -0.15) is 0 Å². The number of nitrogens with two attached hydrogens (primary N) is 1. The summed E-state index contributed by atoms with van der Waals surface area (Å²) in [4.78, 5) is 13.8. The van der Waals surface area contributed by atoms with E-state index >= 15 is 0 Å². The van der Waals surface area contributed by atoms with Crippen LogP contribution in [0.15, 0.2) is 24.3 Å². The lowest BCUT2D eigenvalue weighted by Gasteiger charge is -2.29. The molecule has 0 spiro atoms. The van der Waals surface area contributed by atoms with Crippen LogP contribution in [0.4, 0.5) is 16.2 Å². The van der Waals surface area contributed by atoms with Gasteiger partial charge in [0.2, 0.25) is 0 Å². The third kappa shape index (κ3) is 3.60. The number of hydrogen-bond donors (Lipinski definition) is 2. The summed E-state index contributed by atoms with van der Waals surface area (Å²) in [6, 6.07) is 8.44. The Balaban J connectivity index is 1.97. The van der Waals surface area contributed by atoms with Gasteiger partial charge in [0, 0.05) is 18.1 Å². The number of rotatable bonds is 4. The maximum atomic E-state index is 11.9. The number of likely N-dealkylation sites (tertiary alicyclic amines) is 1. The molecule has 0 saturated carbocycles. The van der Waals surface area contributed by atoms with Crippen molar-refractivity contribution in [3.8, 4) is 0 Å². The van der Waals surface area contributed by atoms with Crippen molar-refractivity contribution in [3.05, 3.63) is 24.3 Å². The molecule has 5 heteroatoms. The molecule has 2 rings (SSSR count). The average molecular weight is 291 g/mol. The maximum Gasteiger partial charge on any atom is 0.409 e. The fourth-order valence-corrected chi connectivity index (χ4v) is 3.10. The molecule has 1 aliphatic heterocycles. The quantitative estimate of drug-likeness (QED) is 0.837. The van der Waals surface area contributed by atoms with Crippen LogP contribution in [-0.4, -0.2) is 36.2 Å². The third-order valence-corrected chi connectivity index (χ3v) is 4.16. The fourth-order valence-electron chi connectivity index (χ4n) is 3.10. The number of benzene rings is 1. The van der Waals surface area contributed by atoms with Gasteiger partial charge in [-0.15, -0.1) is 0 Å². The lowest BCUT2D eigenvalue weighted by Crippen LogP contribution is -2.41. The van der Waals surface area contributed by atoms with E-state index in [4.69, 9.17) is 10.5 Å². The number of nitrogens with one attached hydrogen (secondary N) is 1. The highest BCUT2D eigenvalue weighted by atomic mass is 16.5. The number of anilines is 2. The zero-order valence-electron chi connectivity index (χ0n) is 13.0. The summed E-state index contributed by atoms with van der Waals surface area (Å²) in [5.41, 5.74) is 7.64. The molecule has 0 aromatic heterocycles. The molecule has 0 radical (unpaired) electrons. The summed E-state index contributed by atoms with van der Waals surface area (Å²) >= 11 is 0. The standard InChI is InChI=1S/C16H25N3O2/c1-11(18-15-7-5-4-6-14(15)17)10-13-9-8-12(2)19(13)16(20)21-3/h4-7,11-13,18H,8-10,17H2,1-3H3/t11-,12?,13?/m0/s1. The number of ether oxygens (including phenoxy) is 1. The van der Waals surface area contributed by atoms with Crippen LogP contribution >= 0.6 is 0 Å². The number of hydrogen-bond acceptors (Lipinski definition) is 4. The van der Waals surface area contributed by atoms with Crippen LogP contribution in [0.25, 0.3) is 0 Å². The molecular weight excluding hydrogens is 266 g/mol. The Kier molecular flexibility index (Phi) is 4.94. The van der Waals surface area contributed by atoms with Gasteiger partial charge in [0.15, 0.2) is 0 Å². The van der Waals surface area contributed by atoms with E-state index in [1.165, 1.54) is 7.11 Å². The van der Waals surface area contributed by atoms with Crippen molar-refractivity contribution in [3.63, 3.8) is 0 Å². The SMILES string of the molecule is COC(=O)N1C(C)CCC1C[C@H](C)Nc1ccccc1N. The van der Waals surface area contributed by atoms with Crippen molar-refractivity contribution < 1.29 is 9.53 Å². The third-order valence-electron chi connectivity index (χ3n) is 4.16. The summed E-state index contributed by atoms with van der Waals surface area (Å²) in [7, 11) is 1.44. The predicted octanol–water partition coefficient (Wildman–Crippen LogP) is 3.08. The van der Waals surface area contributed by atoms with Crippen molar-refractivity contribution in [1.29, 1.82) is 0 Å². The molecule has 2 unspecified atom stereocenters. The second kappa shape index (κ2) is 6.70. The van der Waals surface area contributed by atoms with E-state index in [2.05, 4.69) is 19.2 Å². The molecule has 1 heterocycles. The van der Waals surface area contributed by atoms with E-state index in [9.17, 15) is 4.79 Å². The largest absolute Gasteiger partial charge is 0.453 e. The molecule has 1 saturated heterocycles. The van der Waals surface area contributed by atoms with E-state index in [1.54, 1.807) is 0 Å². The van der Waals surface area contributed by atoms with Crippen LogP contribution in [0.2, 0.25) is 0 Å². The summed E-state index contributed by atoms with van der Waals surface area (Å²) in [5.74, 6) is 0. The van der Waals surface area contributed by atoms with Crippen molar-refractivity contribution >= 4 is 17.5 Å². The first-order valence-corrected chi connectivity index (χ1v) is 7.50. The van der Waals surface area contributed by atoms with Gasteiger partial charge < -0.3 is 20.7 Å². The highest BCUT2D eigenvalue weighted by Gasteiger charge is 2.35. The minimum atomic E-state index is -0.226. The zero-order chi connectivity index (χ0) is 15.4. The molecule has 0 bridgehead atoms. The lowest BCUT2D eigenvalue weighted by molar-refractivity contribution is 0.103. The number of nitrogen functional groups attached to an aromatic ring is 1. The van der Waals surface area contributed by atoms with Crippen molar-refractivity contribution in [1.82, 2.24) is 4.90 Å². The maximum absolute atomic E-state index is 11.9. The van der Waals surface area contributed by atoms with Crippen LogP contribution in [0, 0.1) is 0 Å². The fraction of sp³-hybridized carbons (Fsp3) is 0.562. The number of nitrogens with zero attached hydrogens (tertiary/aromatic N) is 1. The molecule has 1 aromatic rings. The molecule has 0 aliphatic carbocycles. The first-order valence-electron chi connectivity index (χ1n) is 7.50. The summed E-state index contributed by atoms with van der Waals surface area (Å²) in [6.45, 7) is 4.19. The molecular formula is C16H25N3O2. The molecule has 1 aliphatic rings. The molecule has 3 N–H and O–H groups in total. The van der Waals surface area contributed by atoms with Crippen LogP contribution < -0.4 is 11.1 Å². The van der Waals surface area contributed by atoms with Crippen molar-refractivity contribution in [2.45, 2.75) is 51.2 Å². The smallest absolute Gasteiger partial charge is 0.409 e. The highest BCUT2D eigenvalue weighted by molar-refractivity contribution is 5.69. The van der Waals surface area contributed by atoms with Crippen molar-refractivity contribution in [2.75, 3.05) is 18.2 Å². The molecule has 116 valence electrons. The van der Waals surface area contributed by atoms with Crippen LogP contribution in [0.1, 0.15) is 33.1 Å². The number of carbonyl (C=O) groups is 1. The molecule has 1 fully saturated rings. The van der Waals surface area contributed by atoms with E-state index in [1.807, 2.05) is 29.2 Å². The number of para-hydroxylation sites is 2. The molecule has 1 aromatic carbocycles. The number of methoxy groups -OCH3 is 1. The Labute approximate surface area is 126 Å². The second-order valence-electron chi connectivity index (χ2n) is 5.83. The molecule has 21 heavy (non-hydrogen) atoms. The monoisotopic (exact) mass is 291 g/mol. The van der Waals surface area contributed by atoms with Gasteiger partial charge in [-0.05, 0) is 45.2 Å². The zero-order valence-corrected chi connectivity index (χ0v) is 13.0. The number of carbonyl (C=O) groups excluding carboxylic acids is 1. The van der Waals surface area contributed by atoms with Crippen LogP contribution in [-0.2, 0) is 4.74 Å². The molecule has 1 amide bonds. The Morgan fingerprint density at radius 3 is 2.86 bits per heavy atom. The minimum absolute atomic E-state index is 0.222. The Morgan fingerprint density at radius 2 is 2.19 bits per heavy atom. The van der Waals surface area contributed by atoms with Gasteiger partial charge >= 0.3 is 6.09 Å². The van der Waals surface area contributed by atoms with E-state index in [0.717, 1.165) is 30.6 Å². The topological polar surface area (TPSA) is 67.6 Å². The van der Waals surface area contributed by atoms with E-state index in [-0.39, 0.29) is 24.2 Å². The Morgan fingerprint density at radius 1 is 1.48 bits per heavy atom. The van der Waals surface area contributed by atoms with E-state index < -0.39 is 0 Å². The molecule has 3 atom stereocenters. The van der Waals surface area contributed by atoms with Gasteiger partial charge in [-0.3, -0.25) is 0 Å². The first-order chi connectivity index (χ1) is 10.0. The van der Waals surface area contributed by atoms with E-state index in [0.29, 0.717) is 0 Å². The van der Waals surface area contributed by atoms with Gasteiger partial charge in [0.1, 0.15) is 0 Å². The van der Waals surface area contributed by atoms with Crippen molar-refractivity contribution in [2.24, 2.45) is 0 Å². The van der Waals surface area contributed by atoms with Gasteiger partial charge in [-0.1, -0.05) is 12.1 Å². The number of amides is 1. The summed E-state index contributed by atoms with van der Waals surface area (Å²) in [6.07, 6.45) is 2.71. The minimum Gasteiger partial charge on any atom is -0.453 e. The van der Waals surface area contributed by atoms with Gasteiger partial charge in [0.05, 0.1) is 18.5 Å². The predicted molar refractivity (Wildman–Crippen MR) is 85.3 cm³/mol. The van der Waals surface area contributed by atoms with Gasteiger partial charge in [0.25, 0.3) is 0 Å².